The third kappa shape index (κ3) is 4.21. The van der Waals surface area contributed by atoms with Gasteiger partial charge in [0.1, 0.15) is 5.78 Å². The minimum absolute atomic E-state index is 0.0183. The minimum atomic E-state index is -1.94. The Balaban J connectivity index is 1.93. The second-order valence-corrected chi connectivity index (χ2v) is 17.2. The first-order chi connectivity index (χ1) is 14.1. The Kier molecular flexibility index (Phi) is 7.59. The number of ketones is 1. The number of Topliss-reactive ketones (excluding diaryl/α,β-unsaturated/α-hetero) is 1. The number of piperidine rings is 1. The van der Waals surface area contributed by atoms with Gasteiger partial charge in [0.25, 0.3) is 0 Å². The number of aliphatic hydroxyl groups is 1. The van der Waals surface area contributed by atoms with E-state index in [0.29, 0.717) is 40.2 Å². The molecule has 0 aromatic rings. The summed E-state index contributed by atoms with van der Waals surface area (Å²) in [5.41, 5.74) is 1.79. The van der Waals surface area contributed by atoms with Gasteiger partial charge in [0.05, 0.1) is 6.10 Å². The molecule has 4 nitrogen and oxygen atoms in total. The Morgan fingerprint density at radius 2 is 1.77 bits per heavy atom. The number of carbonyl (C=O) groups is 1. The van der Waals surface area contributed by atoms with Crippen LogP contribution in [0, 0.1) is 17.8 Å². The summed E-state index contributed by atoms with van der Waals surface area (Å²) < 4.78 is 7.29. The SMILES string of the molecule is CC1CC2CC(=O)CC3(C1)C2CC(O[Si](C(C)C)(C(C)C)C(C)C)CN3CCCO. The average Bonchev–Trinajstić information content (AvgIpc) is 2.62. The van der Waals surface area contributed by atoms with E-state index in [-0.39, 0.29) is 18.2 Å². The van der Waals surface area contributed by atoms with Crippen molar-refractivity contribution < 1.29 is 14.3 Å². The van der Waals surface area contributed by atoms with Crippen LogP contribution in [-0.4, -0.2) is 55.4 Å². The van der Waals surface area contributed by atoms with Crippen molar-refractivity contribution in [2.45, 2.75) is 115 Å². The third-order valence-electron chi connectivity index (χ3n) is 8.89. The summed E-state index contributed by atoms with van der Waals surface area (Å²) in [6.45, 7) is 18.6. The third-order valence-corrected chi connectivity index (χ3v) is 15.0. The first-order valence-electron chi connectivity index (χ1n) is 12.6. The van der Waals surface area contributed by atoms with Gasteiger partial charge >= 0.3 is 0 Å². The molecule has 1 N–H and O–H groups in total. The van der Waals surface area contributed by atoms with E-state index in [4.69, 9.17) is 4.43 Å². The van der Waals surface area contributed by atoms with Gasteiger partial charge in [0.15, 0.2) is 0 Å². The Morgan fingerprint density at radius 3 is 2.33 bits per heavy atom. The topological polar surface area (TPSA) is 49.8 Å². The molecular weight excluding hydrogens is 390 g/mol. The molecule has 0 spiro atoms. The van der Waals surface area contributed by atoms with Crippen LogP contribution in [0.25, 0.3) is 0 Å². The molecule has 174 valence electrons. The fourth-order valence-electron chi connectivity index (χ4n) is 8.12. The molecule has 5 heteroatoms. The Hall–Kier alpha value is -0.233. The normalized spacial score (nSPS) is 35.4. The van der Waals surface area contributed by atoms with Crippen molar-refractivity contribution in [3.63, 3.8) is 0 Å². The number of aliphatic hydroxyl groups excluding tert-OH is 1. The van der Waals surface area contributed by atoms with Gasteiger partial charge in [-0.3, -0.25) is 9.69 Å². The molecule has 1 heterocycles. The van der Waals surface area contributed by atoms with Crippen LogP contribution in [-0.2, 0) is 9.22 Å². The van der Waals surface area contributed by atoms with Crippen molar-refractivity contribution in [1.82, 2.24) is 4.90 Å². The Labute approximate surface area is 186 Å². The summed E-state index contributed by atoms with van der Waals surface area (Å²) in [7, 11) is -1.94. The van der Waals surface area contributed by atoms with Crippen LogP contribution in [0.1, 0.15) is 87.0 Å². The average molecular weight is 438 g/mol. The zero-order chi connectivity index (χ0) is 22.3. The maximum atomic E-state index is 12.7. The molecule has 3 rings (SSSR count). The van der Waals surface area contributed by atoms with Gasteiger partial charge in [-0.05, 0) is 60.1 Å². The molecule has 0 aromatic carbocycles. The predicted molar refractivity (Wildman–Crippen MR) is 126 cm³/mol. The molecule has 0 amide bonds. The van der Waals surface area contributed by atoms with Crippen molar-refractivity contribution in [1.29, 1.82) is 0 Å². The lowest BCUT2D eigenvalue weighted by molar-refractivity contribution is -0.156. The van der Waals surface area contributed by atoms with Gasteiger partial charge < -0.3 is 9.53 Å². The number of nitrogens with zero attached hydrogens (tertiary/aromatic N) is 1. The molecule has 30 heavy (non-hydrogen) atoms. The summed E-state index contributed by atoms with van der Waals surface area (Å²) in [5, 5.41) is 9.57. The first kappa shape index (κ1) is 24.4. The highest BCUT2D eigenvalue weighted by Gasteiger charge is 2.59. The number of hydrogen-bond donors (Lipinski definition) is 1. The van der Waals surface area contributed by atoms with Crippen LogP contribution in [0.5, 0.6) is 0 Å². The van der Waals surface area contributed by atoms with Gasteiger partial charge in [0.2, 0.25) is 8.32 Å². The van der Waals surface area contributed by atoms with E-state index in [9.17, 15) is 9.90 Å². The Bertz CT molecular complexity index is 585. The van der Waals surface area contributed by atoms with E-state index in [1.54, 1.807) is 0 Å². The van der Waals surface area contributed by atoms with Gasteiger partial charge in [-0.2, -0.15) is 0 Å². The van der Waals surface area contributed by atoms with Crippen LogP contribution < -0.4 is 0 Å². The second kappa shape index (κ2) is 9.33. The van der Waals surface area contributed by atoms with E-state index in [0.717, 1.165) is 45.2 Å². The van der Waals surface area contributed by atoms with Crippen LogP contribution in [0.15, 0.2) is 0 Å². The van der Waals surface area contributed by atoms with Crippen molar-refractivity contribution in [3.05, 3.63) is 0 Å². The second-order valence-electron chi connectivity index (χ2n) is 11.8. The van der Waals surface area contributed by atoms with Crippen molar-refractivity contribution in [2.24, 2.45) is 17.8 Å². The molecular formula is C25H47NO3Si. The van der Waals surface area contributed by atoms with Crippen LogP contribution in [0.3, 0.4) is 0 Å². The number of carbonyl (C=O) groups excluding carboxylic acids is 1. The van der Waals surface area contributed by atoms with Gasteiger partial charge in [-0.15, -0.1) is 0 Å². The zero-order valence-electron chi connectivity index (χ0n) is 20.6. The van der Waals surface area contributed by atoms with Crippen molar-refractivity contribution >= 4 is 14.1 Å². The first-order valence-corrected chi connectivity index (χ1v) is 14.8. The molecule has 2 bridgehead atoms. The highest BCUT2D eigenvalue weighted by molar-refractivity contribution is 6.77. The lowest BCUT2D eigenvalue weighted by atomic mass is 9.53. The molecule has 1 aliphatic heterocycles. The molecule has 2 aliphatic carbocycles. The molecule has 1 saturated heterocycles. The Morgan fingerprint density at radius 1 is 1.13 bits per heavy atom. The zero-order valence-corrected chi connectivity index (χ0v) is 21.6. The van der Waals surface area contributed by atoms with E-state index in [1.165, 1.54) is 6.42 Å². The highest BCUT2D eigenvalue weighted by Crippen LogP contribution is 2.56. The van der Waals surface area contributed by atoms with E-state index >= 15 is 0 Å². The quantitative estimate of drug-likeness (QED) is 0.517. The van der Waals surface area contributed by atoms with Gasteiger partial charge in [-0.25, -0.2) is 0 Å². The summed E-state index contributed by atoms with van der Waals surface area (Å²) in [6.07, 6.45) is 6.01. The molecule has 2 saturated carbocycles. The number of likely N-dealkylation sites (tertiary alicyclic amines) is 1. The molecule has 3 aliphatic rings. The predicted octanol–water partition coefficient (Wildman–Crippen LogP) is 5.40. The molecule has 0 aromatic heterocycles. The maximum Gasteiger partial charge on any atom is 0.200 e. The lowest BCUT2D eigenvalue weighted by Gasteiger charge is -2.63. The van der Waals surface area contributed by atoms with E-state index in [1.807, 2.05) is 0 Å². The summed E-state index contributed by atoms with van der Waals surface area (Å²) in [6, 6.07) is 0. The lowest BCUT2D eigenvalue weighted by Crippen LogP contribution is -2.69. The molecule has 3 fully saturated rings. The van der Waals surface area contributed by atoms with Gasteiger partial charge in [-0.1, -0.05) is 48.5 Å². The van der Waals surface area contributed by atoms with Crippen LogP contribution in [0.4, 0.5) is 0 Å². The van der Waals surface area contributed by atoms with Crippen LogP contribution in [0.2, 0.25) is 16.6 Å². The smallest absolute Gasteiger partial charge is 0.200 e. The van der Waals surface area contributed by atoms with E-state index in [2.05, 4.69) is 53.4 Å². The molecule has 0 radical (unpaired) electrons. The fraction of sp³-hybridized carbons (Fsp3) is 0.960. The standard InChI is InChI=1S/C25H47NO3Si/c1-17(2)30(18(3)4,19(5)6)29-23-13-24-21-11-20(7)14-25(24,15-22(28)12-21)26(16-23)9-8-10-27/h17-21,23-24,27H,8-16H2,1-7H3. The number of rotatable bonds is 8. The fourth-order valence-corrected chi connectivity index (χ4v) is 13.7. The van der Waals surface area contributed by atoms with E-state index < -0.39 is 8.32 Å². The summed E-state index contributed by atoms with van der Waals surface area (Å²) in [5.74, 6) is 2.24. The summed E-state index contributed by atoms with van der Waals surface area (Å²) >= 11 is 0. The number of hydrogen-bond acceptors (Lipinski definition) is 4. The van der Waals surface area contributed by atoms with Crippen molar-refractivity contribution in [3.8, 4) is 0 Å². The monoisotopic (exact) mass is 437 g/mol. The largest absolute Gasteiger partial charge is 0.412 e. The summed E-state index contributed by atoms with van der Waals surface area (Å²) in [4.78, 5) is 15.3. The minimum Gasteiger partial charge on any atom is -0.412 e. The highest BCUT2D eigenvalue weighted by atomic mass is 28.4. The van der Waals surface area contributed by atoms with Crippen molar-refractivity contribution in [2.75, 3.05) is 19.7 Å². The molecule has 5 unspecified atom stereocenters. The van der Waals surface area contributed by atoms with Gasteiger partial charge in [0, 0.05) is 38.1 Å². The molecule has 5 atom stereocenters. The maximum absolute atomic E-state index is 12.7. The van der Waals surface area contributed by atoms with Crippen LogP contribution >= 0.6 is 0 Å².